The summed E-state index contributed by atoms with van der Waals surface area (Å²) in [5.74, 6) is 0. The fraction of sp³-hybridized carbons (Fsp3) is 0.133. The summed E-state index contributed by atoms with van der Waals surface area (Å²) in [7, 11) is 0. The molecule has 112 valence electrons. The molecule has 0 bridgehead atoms. The number of carbonyl (C=O) groups is 1. The molecule has 1 aromatic carbocycles. The summed E-state index contributed by atoms with van der Waals surface area (Å²) in [6.07, 6.45) is 2.46. The molecule has 5 nitrogen and oxygen atoms in total. The number of carbonyl (C=O) groups excluding carboxylic acids is 1. The highest BCUT2D eigenvalue weighted by atomic mass is 32.2. The summed E-state index contributed by atoms with van der Waals surface area (Å²) in [6.45, 7) is 0.545. The van der Waals surface area contributed by atoms with Crippen LogP contribution in [0.15, 0.2) is 53.0 Å². The van der Waals surface area contributed by atoms with E-state index in [0.29, 0.717) is 13.0 Å². The maximum absolute atomic E-state index is 11.7. The first kappa shape index (κ1) is 14.8. The lowest BCUT2D eigenvalue weighted by Gasteiger charge is -2.05. The second-order valence-corrected chi connectivity index (χ2v) is 6.56. The number of para-hydroxylation sites is 1. The van der Waals surface area contributed by atoms with Crippen LogP contribution in [-0.4, -0.2) is 22.5 Å². The van der Waals surface area contributed by atoms with Crippen molar-refractivity contribution in [3.05, 3.63) is 54.4 Å². The van der Waals surface area contributed by atoms with Crippen LogP contribution in [0.4, 0.5) is 4.79 Å². The minimum absolute atomic E-state index is 0.222. The Morgan fingerprint density at radius 3 is 2.86 bits per heavy atom. The minimum Gasteiger partial charge on any atom is -0.337 e. The molecule has 2 amide bonds. The van der Waals surface area contributed by atoms with Gasteiger partial charge in [0.05, 0.1) is 10.2 Å². The zero-order valence-electron chi connectivity index (χ0n) is 11.7. The van der Waals surface area contributed by atoms with Crippen LogP contribution in [-0.2, 0) is 6.42 Å². The van der Waals surface area contributed by atoms with E-state index in [2.05, 4.69) is 20.0 Å². The van der Waals surface area contributed by atoms with Crippen molar-refractivity contribution in [2.75, 3.05) is 6.54 Å². The van der Waals surface area contributed by atoms with E-state index >= 15 is 0 Å². The molecule has 0 aliphatic rings. The smallest absolute Gasteiger partial charge is 0.325 e. The van der Waals surface area contributed by atoms with Crippen molar-refractivity contribution >= 4 is 39.5 Å². The van der Waals surface area contributed by atoms with Crippen molar-refractivity contribution in [2.45, 2.75) is 10.8 Å². The Labute approximate surface area is 136 Å². The highest BCUT2D eigenvalue weighted by Crippen LogP contribution is 2.27. The monoisotopic (exact) mass is 330 g/mol. The number of nitrogens with zero attached hydrogens (tertiary/aromatic N) is 2. The molecule has 2 aromatic heterocycles. The molecule has 0 fully saturated rings. The van der Waals surface area contributed by atoms with Gasteiger partial charge < -0.3 is 5.32 Å². The predicted octanol–water partition coefficient (Wildman–Crippen LogP) is 3.24. The van der Waals surface area contributed by atoms with Gasteiger partial charge in [-0.25, -0.2) is 9.78 Å². The molecule has 3 aromatic rings. The number of urea groups is 1. The lowest BCUT2D eigenvalue weighted by Crippen LogP contribution is -2.32. The van der Waals surface area contributed by atoms with Crippen molar-refractivity contribution in [3.8, 4) is 0 Å². The molecule has 0 saturated heterocycles. The molecule has 0 spiro atoms. The zero-order valence-corrected chi connectivity index (χ0v) is 13.3. The number of benzene rings is 1. The van der Waals surface area contributed by atoms with Crippen LogP contribution in [0.25, 0.3) is 10.2 Å². The number of thiazole rings is 1. The number of hydrogen-bond donors (Lipinski definition) is 2. The van der Waals surface area contributed by atoms with Crippen LogP contribution >= 0.6 is 23.3 Å². The fourth-order valence-corrected chi connectivity index (χ4v) is 3.53. The van der Waals surface area contributed by atoms with Gasteiger partial charge in [0.15, 0.2) is 4.34 Å². The van der Waals surface area contributed by atoms with E-state index in [0.717, 1.165) is 20.3 Å². The molecule has 2 heterocycles. The standard InChI is InChI=1S/C15H14N4OS2/c20-14(17-10-8-11-5-3-4-9-16-11)19-22-15-18-12-6-1-2-7-13(12)21-15/h1-7,9H,8,10H2,(H2,17,19,20). The lowest BCUT2D eigenvalue weighted by molar-refractivity contribution is 0.246. The number of amides is 2. The van der Waals surface area contributed by atoms with Crippen molar-refractivity contribution in [1.82, 2.24) is 20.0 Å². The van der Waals surface area contributed by atoms with Gasteiger partial charge in [0.1, 0.15) is 0 Å². The number of hydrogen-bond acceptors (Lipinski definition) is 5. The van der Waals surface area contributed by atoms with Crippen LogP contribution in [0, 0.1) is 0 Å². The molecular weight excluding hydrogens is 316 g/mol. The van der Waals surface area contributed by atoms with Gasteiger partial charge in [0.2, 0.25) is 0 Å². The molecule has 0 aliphatic heterocycles. The average molecular weight is 330 g/mol. The first-order chi connectivity index (χ1) is 10.8. The SMILES string of the molecule is O=C(NCCc1ccccn1)NSc1nc2ccccc2s1. The van der Waals surface area contributed by atoms with Crippen molar-refractivity contribution in [1.29, 1.82) is 0 Å². The Balaban J connectivity index is 1.44. The third-order valence-electron chi connectivity index (χ3n) is 2.90. The predicted molar refractivity (Wildman–Crippen MR) is 90.0 cm³/mol. The first-order valence-electron chi connectivity index (χ1n) is 6.77. The van der Waals surface area contributed by atoms with E-state index < -0.39 is 0 Å². The summed E-state index contributed by atoms with van der Waals surface area (Å²) in [5, 5.41) is 2.80. The van der Waals surface area contributed by atoms with Crippen LogP contribution in [0.1, 0.15) is 5.69 Å². The van der Waals surface area contributed by atoms with Gasteiger partial charge >= 0.3 is 6.03 Å². The van der Waals surface area contributed by atoms with Crippen LogP contribution in [0.3, 0.4) is 0 Å². The van der Waals surface area contributed by atoms with E-state index in [1.54, 1.807) is 17.5 Å². The first-order valence-corrected chi connectivity index (χ1v) is 8.41. The highest BCUT2D eigenvalue weighted by Gasteiger charge is 2.06. The average Bonchev–Trinajstić information content (AvgIpc) is 2.97. The molecule has 7 heteroatoms. The van der Waals surface area contributed by atoms with Gasteiger partial charge in [-0.3, -0.25) is 9.71 Å². The largest absolute Gasteiger partial charge is 0.337 e. The van der Waals surface area contributed by atoms with Gasteiger partial charge in [-0.2, -0.15) is 0 Å². The van der Waals surface area contributed by atoms with E-state index in [9.17, 15) is 4.79 Å². The third kappa shape index (κ3) is 3.96. The van der Waals surface area contributed by atoms with Crippen LogP contribution < -0.4 is 10.0 Å². The topological polar surface area (TPSA) is 66.9 Å². The Morgan fingerprint density at radius 2 is 2.05 bits per heavy atom. The second kappa shape index (κ2) is 7.24. The number of aromatic nitrogens is 2. The van der Waals surface area contributed by atoms with E-state index in [1.165, 1.54) is 11.9 Å². The number of rotatable bonds is 5. The maximum Gasteiger partial charge on any atom is 0.325 e. The van der Waals surface area contributed by atoms with E-state index in [4.69, 9.17) is 0 Å². The lowest BCUT2D eigenvalue weighted by atomic mass is 10.3. The Hall–Kier alpha value is -2.12. The summed E-state index contributed by atoms with van der Waals surface area (Å²) < 4.78 is 4.67. The molecular formula is C15H14N4OS2. The Kier molecular flexibility index (Phi) is 4.87. The summed E-state index contributed by atoms with van der Waals surface area (Å²) >= 11 is 2.79. The molecule has 0 atom stereocenters. The van der Waals surface area contributed by atoms with Crippen molar-refractivity contribution < 1.29 is 4.79 Å². The van der Waals surface area contributed by atoms with Crippen LogP contribution in [0.5, 0.6) is 0 Å². The number of pyridine rings is 1. The fourth-order valence-electron chi connectivity index (χ4n) is 1.87. The molecule has 2 N–H and O–H groups in total. The van der Waals surface area contributed by atoms with E-state index in [-0.39, 0.29) is 6.03 Å². The molecule has 0 unspecified atom stereocenters. The van der Waals surface area contributed by atoms with Crippen molar-refractivity contribution in [3.63, 3.8) is 0 Å². The Bertz CT molecular complexity index is 727. The molecule has 0 radical (unpaired) electrons. The quantitative estimate of drug-likeness (QED) is 0.705. The second-order valence-electron chi connectivity index (χ2n) is 4.48. The van der Waals surface area contributed by atoms with Gasteiger partial charge in [-0.1, -0.05) is 18.2 Å². The number of nitrogens with one attached hydrogen (secondary N) is 2. The summed E-state index contributed by atoms with van der Waals surface area (Å²) in [4.78, 5) is 20.4. The molecule has 0 aliphatic carbocycles. The normalized spacial score (nSPS) is 10.5. The minimum atomic E-state index is -0.222. The van der Waals surface area contributed by atoms with Gasteiger partial charge in [-0.15, -0.1) is 11.3 Å². The maximum atomic E-state index is 11.7. The molecule has 22 heavy (non-hydrogen) atoms. The van der Waals surface area contributed by atoms with Crippen LogP contribution in [0.2, 0.25) is 0 Å². The van der Waals surface area contributed by atoms with Gasteiger partial charge in [-0.05, 0) is 24.3 Å². The molecule has 0 saturated carbocycles. The third-order valence-corrected chi connectivity index (χ3v) is 4.78. The summed E-state index contributed by atoms with van der Waals surface area (Å²) in [6, 6.07) is 13.4. The van der Waals surface area contributed by atoms with Crippen molar-refractivity contribution in [2.24, 2.45) is 0 Å². The van der Waals surface area contributed by atoms with E-state index in [1.807, 2.05) is 42.5 Å². The Morgan fingerprint density at radius 1 is 1.18 bits per heavy atom. The molecule has 3 rings (SSSR count). The summed E-state index contributed by atoms with van der Waals surface area (Å²) in [5.41, 5.74) is 1.91. The number of fused-ring (bicyclic) bond motifs is 1. The highest BCUT2D eigenvalue weighted by molar-refractivity contribution is 7.99. The zero-order chi connectivity index (χ0) is 15.2. The van der Waals surface area contributed by atoms with Gasteiger partial charge in [0, 0.05) is 36.8 Å². The van der Waals surface area contributed by atoms with Gasteiger partial charge in [0.25, 0.3) is 0 Å².